The zero-order valence-corrected chi connectivity index (χ0v) is 7.98. The van der Waals surface area contributed by atoms with Gasteiger partial charge in [-0.3, -0.25) is 0 Å². The second kappa shape index (κ2) is 2.90. The number of hydrogen-bond acceptors (Lipinski definition) is 3. The first-order valence-electron chi connectivity index (χ1n) is 3.90. The van der Waals surface area contributed by atoms with Crippen molar-refractivity contribution in [2.75, 3.05) is 5.75 Å². The molecule has 0 spiro atoms. The van der Waals surface area contributed by atoms with Crippen LogP contribution in [-0.2, 0) is 0 Å². The van der Waals surface area contributed by atoms with Crippen LogP contribution >= 0.6 is 11.8 Å². The normalized spacial score (nSPS) is 15.3. The van der Waals surface area contributed by atoms with E-state index < -0.39 is 0 Å². The van der Waals surface area contributed by atoms with Gasteiger partial charge in [0.2, 0.25) is 0 Å². The van der Waals surface area contributed by atoms with Crippen LogP contribution in [0.25, 0.3) is 0 Å². The van der Waals surface area contributed by atoms with Gasteiger partial charge >= 0.3 is 0 Å². The molecule has 0 amide bonds. The van der Waals surface area contributed by atoms with Gasteiger partial charge in [-0.25, -0.2) is 9.98 Å². The van der Waals surface area contributed by atoms with Crippen LogP contribution in [0.5, 0.6) is 0 Å². The monoisotopic (exact) mass is 178 g/mol. The molecule has 0 aliphatic carbocycles. The van der Waals surface area contributed by atoms with E-state index in [0.29, 0.717) is 0 Å². The van der Waals surface area contributed by atoms with E-state index in [1.54, 1.807) is 0 Å². The summed E-state index contributed by atoms with van der Waals surface area (Å²) in [6.45, 7) is 4.03. The molecule has 12 heavy (non-hydrogen) atoms. The topological polar surface area (TPSA) is 25.2 Å². The van der Waals surface area contributed by atoms with Crippen LogP contribution in [0.1, 0.15) is 12.6 Å². The van der Waals surface area contributed by atoms with Crippen molar-refractivity contribution in [3.63, 3.8) is 0 Å². The Balaban J connectivity index is 2.53. The van der Waals surface area contributed by atoms with Crippen LogP contribution in [0.2, 0.25) is 0 Å². The van der Waals surface area contributed by atoms with Gasteiger partial charge < -0.3 is 0 Å². The molecule has 1 aliphatic heterocycles. The minimum absolute atomic E-state index is 0.892. The fourth-order valence-corrected chi connectivity index (χ4v) is 1.93. The molecule has 1 aromatic rings. The third-order valence-electron chi connectivity index (χ3n) is 1.71. The largest absolute Gasteiger partial charge is 0.237 e. The minimum Gasteiger partial charge on any atom is -0.237 e. The molecular weight excluding hydrogens is 168 g/mol. The van der Waals surface area contributed by atoms with Crippen molar-refractivity contribution >= 4 is 23.3 Å². The number of aliphatic imine (C=N–C) groups is 1. The molecule has 1 aliphatic rings. The Kier molecular flexibility index (Phi) is 1.89. The lowest BCUT2D eigenvalue weighted by atomic mass is 10.3. The fourth-order valence-electron chi connectivity index (χ4n) is 1.12. The molecule has 0 N–H and O–H groups in total. The average Bonchev–Trinajstić information content (AvgIpc) is 2.03. The average molecular weight is 178 g/mol. The van der Waals surface area contributed by atoms with Crippen LogP contribution in [0, 0.1) is 6.92 Å². The summed E-state index contributed by atoms with van der Waals surface area (Å²) < 4.78 is 0. The Hall–Kier alpha value is -0.830. The van der Waals surface area contributed by atoms with E-state index in [1.807, 2.05) is 31.7 Å². The summed E-state index contributed by atoms with van der Waals surface area (Å²) in [5.41, 5.74) is 2.19. The molecule has 2 rings (SSSR count). The molecule has 3 heteroatoms. The van der Waals surface area contributed by atoms with Crippen LogP contribution in [0.15, 0.2) is 22.0 Å². The van der Waals surface area contributed by atoms with Crippen LogP contribution in [0.3, 0.4) is 0 Å². The number of thioether (sulfide) groups is 1. The number of rotatable bonds is 0. The number of pyridine rings is 1. The Morgan fingerprint density at radius 2 is 2.17 bits per heavy atom. The number of fused-ring (bicyclic) bond motifs is 1. The molecule has 0 aromatic carbocycles. The zero-order valence-electron chi connectivity index (χ0n) is 7.16. The standard InChI is InChI=1S/C9H10N2S/c1-6-3-4-8-9(10-6)11-7(2)5-12-8/h3-4H,5H2,1-2H3. The minimum atomic E-state index is 0.892. The SMILES string of the molecule is CC1=Nc2nc(C)ccc2SC1. The van der Waals surface area contributed by atoms with Gasteiger partial charge in [-0.1, -0.05) is 0 Å². The quantitative estimate of drug-likeness (QED) is 0.610. The molecule has 2 heterocycles. The molecule has 1 aromatic heterocycles. The molecular formula is C9H10N2S. The van der Waals surface area contributed by atoms with Crippen molar-refractivity contribution < 1.29 is 0 Å². The lowest BCUT2D eigenvalue weighted by Gasteiger charge is -2.11. The summed E-state index contributed by atoms with van der Waals surface area (Å²) in [5, 5.41) is 0. The predicted molar refractivity (Wildman–Crippen MR) is 52.5 cm³/mol. The molecule has 0 atom stereocenters. The lowest BCUT2D eigenvalue weighted by Crippen LogP contribution is -2.01. The second-order valence-electron chi connectivity index (χ2n) is 2.91. The van der Waals surface area contributed by atoms with Gasteiger partial charge in [-0.15, -0.1) is 11.8 Å². The van der Waals surface area contributed by atoms with Gasteiger partial charge in [0, 0.05) is 17.2 Å². The highest BCUT2D eigenvalue weighted by atomic mass is 32.2. The molecule has 0 fully saturated rings. The first kappa shape index (κ1) is 7.80. The van der Waals surface area contributed by atoms with Gasteiger partial charge in [0.1, 0.15) is 0 Å². The molecule has 0 unspecified atom stereocenters. The highest BCUT2D eigenvalue weighted by Gasteiger charge is 2.10. The van der Waals surface area contributed by atoms with Gasteiger partial charge in [-0.2, -0.15) is 0 Å². The lowest BCUT2D eigenvalue weighted by molar-refractivity contribution is 1.12. The Morgan fingerprint density at radius 1 is 1.33 bits per heavy atom. The van der Waals surface area contributed by atoms with Crippen molar-refractivity contribution in [2.45, 2.75) is 18.7 Å². The maximum absolute atomic E-state index is 4.39. The van der Waals surface area contributed by atoms with Crippen molar-refractivity contribution in [2.24, 2.45) is 4.99 Å². The Bertz CT molecular complexity index is 344. The number of aromatic nitrogens is 1. The summed E-state index contributed by atoms with van der Waals surface area (Å²) in [6, 6.07) is 4.13. The number of nitrogens with zero attached hydrogens (tertiary/aromatic N) is 2. The van der Waals surface area contributed by atoms with Crippen LogP contribution in [-0.4, -0.2) is 16.4 Å². The first-order valence-corrected chi connectivity index (χ1v) is 4.89. The highest BCUT2D eigenvalue weighted by Crippen LogP contribution is 2.31. The molecule has 0 saturated carbocycles. The molecule has 62 valence electrons. The Labute approximate surface area is 76.1 Å². The van der Waals surface area contributed by atoms with Gasteiger partial charge in [0.15, 0.2) is 5.82 Å². The van der Waals surface area contributed by atoms with Crippen LogP contribution in [0.4, 0.5) is 5.82 Å². The first-order chi connectivity index (χ1) is 5.75. The molecule has 0 radical (unpaired) electrons. The van der Waals surface area contributed by atoms with Crippen LogP contribution < -0.4 is 0 Å². The summed E-state index contributed by atoms with van der Waals surface area (Å²) in [6.07, 6.45) is 0. The van der Waals surface area contributed by atoms with Crippen molar-refractivity contribution in [1.82, 2.24) is 4.98 Å². The smallest absolute Gasteiger partial charge is 0.165 e. The predicted octanol–water partition coefficient (Wildman–Crippen LogP) is 2.59. The molecule has 0 saturated heterocycles. The molecule has 2 nitrogen and oxygen atoms in total. The van der Waals surface area contributed by atoms with E-state index in [4.69, 9.17) is 0 Å². The maximum Gasteiger partial charge on any atom is 0.165 e. The van der Waals surface area contributed by atoms with E-state index >= 15 is 0 Å². The zero-order chi connectivity index (χ0) is 8.55. The number of aryl methyl sites for hydroxylation is 1. The second-order valence-corrected chi connectivity index (χ2v) is 3.93. The summed E-state index contributed by atoms with van der Waals surface area (Å²) in [5.74, 6) is 1.89. The molecule has 0 bridgehead atoms. The van der Waals surface area contributed by atoms with Gasteiger partial charge in [-0.05, 0) is 26.0 Å². The highest BCUT2D eigenvalue weighted by molar-refractivity contribution is 8.00. The van der Waals surface area contributed by atoms with Gasteiger partial charge in [0.25, 0.3) is 0 Å². The van der Waals surface area contributed by atoms with E-state index in [-0.39, 0.29) is 0 Å². The van der Waals surface area contributed by atoms with Gasteiger partial charge in [0.05, 0.1) is 4.90 Å². The van der Waals surface area contributed by atoms with Crippen molar-refractivity contribution in [1.29, 1.82) is 0 Å². The number of hydrogen-bond donors (Lipinski definition) is 0. The maximum atomic E-state index is 4.39. The summed E-state index contributed by atoms with van der Waals surface area (Å²) >= 11 is 1.81. The van der Waals surface area contributed by atoms with E-state index in [9.17, 15) is 0 Å². The van der Waals surface area contributed by atoms with Crippen molar-refractivity contribution in [3.8, 4) is 0 Å². The third-order valence-corrected chi connectivity index (χ3v) is 2.90. The van der Waals surface area contributed by atoms with Crippen molar-refractivity contribution in [3.05, 3.63) is 17.8 Å². The van der Waals surface area contributed by atoms with E-state index in [2.05, 4.69) is 16.0 Å². The summed E-state index contributed by atoms with van der Waals surface area (Å²) in [7, 11) is 0. The third kappa shape index (κ3) is 1.37. The van der Waals surface area contributed by atoms with E-state index in [1.165, 1.54) is 4.90 Å². The summed E-state index contributed by atoms with van der Waals surface area (Å²) in [4.78, 5) is 9.95. The fraction of sp³-hybridized carbons (Fsp3) is 0.333. The Morgan fingerprint density at radius 3 is 3.00 bits per heavy atom. The van der Waals surface area contributed by atoms with E-state index in [0.717, 1.165) is 23.0 Å².